The molecule has 4 aromatic rings. The van der Waals surface area contributed by atoms with Gasteiger partial charge in [0.25, 0.3) is 0 Å². The number of nitrogens with zero attached hydrogens (tertiary/aromatic N) is 3. The zero-order chi connectivity index (χ0) is 19.2. The number of aromatic amines is 1. The lowest BCUT2D eigenvalue weighted by Crippen LogP contribution is -2.16. The Labute approximate surface area is 148 Å². The first-order valence-corrected chi connectivity index (χ1v) is 7.56. The monoisotopic (exact) mass is 374 g/mol. The third-order valence-corrected chi connectivity index (χ3v) is 3.93. The first-order chi connectivity index (χ1) is 12.8. The molecule has 2 aromatic heterocycles. The predicted octanol–water partition coefficient (Wildman–Crippen LogP) is 3.36. The lowest BCUT2D eigenvalue weighted by molar-refractivity contribution is -0.152. The molecule has 0 radical (unpaired) electrons. The highest BCUT2D eigenvalue weighted by Gasteiger charge is 2.39. The molecule has 0 fully saturated rings. The molecule has 0 spiro atoms. The van der Waals surface area contributed by atoms with E-state index in [1.165, 1.54) is 36.4 Å². The first-order valence-electron chi connectivity index (χ1n) is 7.56. The summed E-state index contributed by atoms with van der Waals surface area (Å²) < 4.78 is 45.5. The number of aromatic hydroxyl groups is 1. The van der Waals surface area contributed by atoms with Gasteiger partial charge >= 0.3 is 6.18 Å². The maximum atomic E-state index is 13.5. The minimum atomic E-state index is -4.90. The van der Waals surface area contributed by atoms with E-state index in [4.69, 9.17) is 4.42 Å². The number of rotatable bonds is 2. The van der Waals surface area contributed by atoms with Gasteiger partial charge in [-0.15, -0.1) is 5.10 Å². The summed E-state index contributed by atoms with van der Waals surface area (Å²) in [4.78, 5) is 12.7. The van der Waals surface area contributed by atoms with Gasteiger partial charge in [-0.3, -0.25) is 4.79 Å². The standard InChI is InChI=1S/C17H9F3N4O3/c18-17(19,20)15-13(14(26)11-6-5-10(25)7-12(11)27-15)8-1-3-9(4-2-8)16-21-23-24-22-16/h1-7,25H,(H,21,22,23,24). The number of fused-ring (bicyclic) bond motifs is 1. The highest BCUT2D eigenvalue weighted by Crippen LogP contribution is 2.38. The van der Waals surface area contributed by atoms with Crippen LogP contribution in [-0.2, 0) is 6.18 Å². The number of tetrazole rings is 1. The molecule has 0 aliphatic rings. The number of benzene rings is 2. The summed E-state index contributed by atoms with van der Waals surface area (Å²) in [5, 5.41) is 22.5. The number of alkyl halides is 3. The van der Waals surface area contributed by atoms with Crippen LogP contribution in [0.15, 0.2) is 51.7 Å². The average Bonchev–Trinajstić information content (AvgIpc) is 3.15. The van der Waals surface area contributed by atoms with Gasteiger partial charge in [0.2, 0.25) is 11.2 Å². The Balaban J connectivity index is 1.96. The molecular weight excluding hydrogens is 365 g/mol. The summed E-state index contributed by atoms with van der Waals surface area (Å²) in [6.07, 6.45) is -4.90. The van der Waals surface area contributed by atoms with E-state index in [1.54, 1.807) is 0 Å². The maximum Gasteiger partial charge on any atom is 0.450 e. The van der Waals surface area contributed by atoms with Crippen molar-refractivity contribution in [1.29, 1.82) is 0 Å². The SMILES string of the molecule is O=c1c(-c2ccc(-c3nnn[nH]3)cc2)c(C(F)(F)F)oc2cc(O)ccc12. The maximum absolute atomic E-state index is 13.5. The topological polar surface area (TPSA) is 105 Å². The van der Waals surface area contributed by atoms with Gasteiger partial charge in [-0.1, -0.05) is 24.3 Å². The minimum Gasteiger partial charge on any atom is -0.508 e. The van der Waals surface area contributed by atoms with Crippen molar-refractivity contribution in [2.45, 2.75) is 6.18 Å². The molecular formula is C17H9F3N4O3. The van der Waals surface area contributed by atoms with E-state index in [1.807, 2.05) is 0 Å². The summed E-state index contributed by atoms with van der Waals surface area (Å²) >= 11 is 0. The van der Waals surface area contributed by atoms with Crippen LogP contribution >= 0.6 is 0 Å². The second-order valence-corrected chi connectivity index (χ2v) is 5.64. The quantitative estimate of drug-likeness (QED) is 0.557. The number of aromatic nitrogens is 4. The molecule has 0 amide bonds. The van der Waals surface area contributed by atoms with Crippen molar-refractivity contribution >= 4 is 11.0 Å². The molecule has 27 heavy (non-hydrogen) atoms. The Bertz CT molecular complexity index is 1180. The normalized spacial score (nSPS) is 11.8. The van der Waals surface area contributed by atoms with Gasteiger partial charge in [0.1, 0.15) is 11.3 Å². The van der Waals surface area contributed by atoms with E-state index >= 15 is 0 Å². The van der Waals surface area contributed by atoms with E-state index < -0.39 is 22.9 Å². The highest BCUT2D eigenvalue weighted by molar-refractivity contribution is 5.84. The van der Waals surface area contributed by atoms with E-state index in [0.29, 0.717) is 11.4 Å². The van der Waals surface area contributed by atoms with Crippen molar-refractivity contribution in [2.75, 3.05) is 0 Å². The number of nitrogens with one attached hydrogen (secondary N) is 1. The van der Waals surface area contributed by atoms with Gasteiger partial charge in [-0.05, 0) is 28.1 Å². The summed E-state index contributed by atoms with van der Waals surface area (Å²) in [6, 6.07) is 9.06. The zero-order valence-electron chi connectivity index (χ0n) is 13.3. The summed E-state index contributed by atoms with van der Waals surface area (Å²) in [6.45, 7) is 0. The van der Waals surface area contributed by atoms with E-state index in [-0.39, 0.29) is 22.3 Å². The number of H-pyrrole nitrogens is 1. The molecule has 136 valence electrons. The molecule has 2 heterocycles. The molecule has 0 aliphatic heterocycles. The van der Waals surface area contributed by atoms with E-state index in [2.05, 4.69) is 20.6 Å². The van der Waals surface area contributed by atoms with Crippen molar-refractivity contribution in [1.82, 2.24) is 20.6 Å². The average molecular weight is 374 g/mol. The van der Waals surface area contributed by atoms with Gasteiger partial charge in [0.05, 0.1) is 10.9 Å². The smallest absolute Gasteiger partial charge is 0.450 e. The van der Waals surface area contributed by atoms with Crippen LogP contribution in [-0.4, -0.2) is 25.7 Å². The molecule has 4 rings (SSSR count). The van der Waals surface area contributed by atoms with Gasteiger partial charge in [-0.2, -0.15) is 13.2 Å². The Hall–Kier alpha value is -3.69. The second kappa shape index (κ2) is 5.94. The van der Waals surface area contributed by atoms with Crippen LogP contribution in [0.3, 0.4) is 0 Å². The number of halogens is 3. The molecule has 0 atom stereocenters. The Morgan fingerprint density at radius 2 is 1.74 bits per heavy atom. The van der Waals surface area contributed by atoms with Crippen LogP contribution in [0.1, 0.15) is 5.76 Å². The number of phenols is 1. The van der Waals surface area contributed by atoms with Gasteiger partial charge in [0, 0.05) is 11.6 Å². The minimum absolute atomic E-state index is 0.0299. The van der Waals surface area contributed by atoms with Crippen molar-refractivity contribution in [3.8, 4) is 28.3 Å². The third kappa shape index (κ3) is 2.90. The van der Waals surface area contributed by atoms with Gasteiger partial charge in [0.15, 0.2) is 5.82 Å². The fraction of sp³-hybridized carbons (Fsp3) is 0.0588. The summed E-state index contributed by atoms with van der Waals surface area (Å²) in [7, 11) is 0. The zero-order valence-corrected chi connectivity index (χ0v) is 13.3. The lowest BCUT2D eigenvalue weighted by Gasteiger charge is -2.13. The number of hydrogen-bond acceptors (Lipinski definition) is 6. The molecule has 0 saturated carbocycles. The van der Waals surface area contributed by atoms with Crippen LogP contribution in [0.25, 0.3) is 33.5 Å². The molecule has 2 aromatic carbocycles. The molecule has 0 bridgehead atoms. The lowest BCUT2D eigenvalue weighted by atomic mass is 10.00. The van der Waals surface area contributed by atoms with Gasteiger partial charge in [-0.25, -0.2) is 5.10 Å². The van der Waals surface area contributed by atoms with Crippen LogP contribution in [0.4, 0.5) is 13.2 Å². The van der Waals surface area contributed by atoms with E-state index in [0.717, 1.165) is 6.07 Å². The van der Waals surface area contributed by atoms with Crippen LogP contribution < -0.4 is 5.43 Å². The fourth-order valence-corrected chi connectivity index (χ4v) is 2.72. The summed E-state index contributed by atoms with van der Waals surface area (Å²) in [5.41, 5.74) is -1.24. The van der Waals surface area contributed by atoms with Gasteiger partial charge < -0.3 is 9.52 Å². The van der Waals surface area contributed by atoms with Crippen molar-refractivity contribution < 1.29 is 22.7 Å². The van der Waals surface area contributed by atoms with Crippen molar-refractivity contribution in [3.63, 3.8) is 0 Å². The van der Waals surface area contributed by atoms with Crippen LogP contribution in [0.5, 0.6) is 5.75 Å². The summed E-state index contributed by atoms with van der Waals surface area (Å²) in [5.74, 6) is -1.41. The molecule has 10 heteroatoms. The van der Waals surface area contributed by atoms with Crippen LogP contribution in [0, 0.1) is 0 Å². The third-order valence-electron chi connectivity index (χ3n) is 3.93. The molecule has 2 N–H and O–H groups in total. The molecule has 7 nitrogen and oxygen atoms in total. The molecule has 0 aliphatic carbocycles. The Kier molecular flexibility index (Phi) is 3.69. The molecule has 0 unspecified atom stereocenters. The number of phenolic OH excluding ortho intramolecular Hbond substituents is 1. The first kappa shape index (κ1) is 16.8. The predicted molar refractivity (Wildman–Crippen MR) is 87.8 cm³/mol. The van der Waals surface area contributed by atoms with Crippen molar-refractivity contribution in [2.24, 2.45) is 0 Å². The van der Waals surface area contributed by atoms with Crippen molar-refractivity contribution in [3.05, 3.63) is 58.4 Å². The second-order valence-electron chi connectivity index (χ2n) is 5.64. The highest BCUT2D eigenvalue weighted by atomic mass is 19.4. The largest absolute Gasteiger partial charge is 0.508 e. The number of hydrogen-bond donors (Lipinski definition) is 2. The van der Waals surface area contributed by atoms with Crippen LogP contribution in [0.2, 0.25) is 0 Å². The molecule has 0 saturated heterocycles. The Morgan fingerprint density at radius 3 is 2.37 bits per heavy atom. The fourth-order valence-electron chi connectivity index (χ4n) is 2.72. The van der Waals surface area contributed by atoms with E-state index in [9.17, 15) is 23.1 Å². The Morgan fingerprint density at radius 1 is 1.04 bits per heavy atom.